The SMILES string of the molecule is O=C1COc2c(cccc2C(=O)N2CCOCC(F)(F)C2)N1. The van der Waals surface area contributed by atoms with Gasteiger partial charge in [0, 0.05) is 6.54 Å². The van der Waals surface area contributed by atoms with Crippen LogP contribution in [0.25, 0.3) is 0 Å². The van der Waals surface area contributed by atoms with E-state index in [0.717, 1.165) is 4.90 Å². The highest BCUT2D eigenvalue weighted by Crippen LogP contribution is 2.33. The van der Waals surface area contributed by atoms with Crippen LogP contribution in [0, 0.1) is 0 Å². The van der Waals surface area contributed by atoms with E-state index in [2.05, 4.69) is 5.32 Å². The molecule has 22 heavy (non-hydrogen) atoms. The van der Waals surface area contributed by atoms with Gasteiger partial charge in [0.1, 0.15) is 6.61 Å². The molecule has 1 saturated heterocycles. The number of hydrogen-bond donors (Lipinski definition) is 1. The van der Waals surface area contributed by atoms with Crippen LogP contribution in [0.4, 0.5) is 14.5 Å². The number of halogens is 2. The molecule has 2 aliphatic heterocycles. The van der Waals surface area contributed by atoms with Crippen molar-refractivity contribution in [2.75, 3.05) is 38.2 Å². The van der Waals surface area contributed by atoms with E-state index >= 15 is 0 Å². The summed E-state index contributed by atoms with van der Waals surface area (Å²) in [5, 5.41) is 2.58. The molecule has 2 amide bonds. The molecule has 0 aliphatic carbocycles. The van der Waals surface area contributed by atoms with Gasteiger partial charge in [0.2, 0.25) is 0 Å². The number of hydrogen-bond acceptors (Lipinski definition) is 4. The average molecular weight is 312 g/mol. The molecule has 118 valence electrons. The maximum atomic E-state index is 13.6. The number of carbonyl (C=O) groups excluding carboxylic acids is 2. The molecular weight excluding hydrogens is 298 g/mol. The monoisotopic (exact) mass is 312 g/mol. The van der Waals surface area contributed by atoms with Crippen molar-refractivity contribution in [3.63, 3.8) is 0 Å². The molecule has 1 N–H and O–H groups in total. The normalized spacial score (nSPS) is 20.5. The number of nitrogens with zero attached hydrogens (tertiary/aromatic N) is 1. The highest BCUT2D eigenvalue weighted by Gasteiger charge is 2.37. The van der Waals surface area contributed by atoms with E-state index in [0.29, 0.717) is 5.69 Å². The number of carbonyl (C=O) groups is 2. The Morgan fingerprint density at radius 2 is 2.18 bits per heavy atom. The van der Waals surface area contributed by atoms with Gasteiger partial charge in [-0.15, -0.1) is 0 Å². The van der Waals surface area contributed by atoms with Crippen LogP contribution in [0.5, 0.6) is 5.75 Å². The van der Waals surface area contributed by atoms with E-state index in [1.165, 1.54) is 6.07 Å². The van der Waals surface area contributed by atoms with Crippen molar-refractivity contribution in [3.8, 4) is 5.75 Å². The molecule has 0 atom stereocenters. The zero-order chi connectivity index (χ0) is 15.7. The van der Waals surface area contributed by atoms with Gasteiger partial charge in [0.15, 0.2) is 12.4 Å². The van der Waals surface area contributed by atoms with E-state index < -0.39 is 25.0 Å². The van der Waals surface area contributed by atoms with Crippen molar-refractivity contribution in [1.29, 1.82) is 0 Å². The number of ether oxygens (including phenoxy) is 2. The third kappa shape index (κ3) is 2.87. The quantitative estimate of drug-likeness (QED) is 0.844. The lowest BCUT2D eigenvalue weighted by molar-refractivity contribution is -0.118. The van der Waals surface area contributed by atoms with Gasteiger partial charge >= 0.3 is 0 Å². The summed E-state index contributed by atoms with van der Waals surface area (Å²) in [4.78, 5) is 24.9. The highest BCUT2D eigenvalue weighted by molar-refractivity contribution is 6.03. The fourth-order valence-electron chi connectivity index (χ4n) is 2.43. The van der Waals surface area contributed by atoms with Crippen LogP contribution < -0.4 is 10.1 Å². The molecule has 2 heterocycles. The number of fused-ring (bicyclic) bond motifs is 1. The van der Waals surface area contributed by atoms with E-state index in [1.54, 1.807) is 12.1 Å². The van der Waals surface area contributed by atoms with Gasteiger partial charge in [-0.05, 0) is 12.1 Å². The van der Waals surface area contributed by atoms with Crippen LogP contribution in [0.2, 0.25) is 0 Å². The Bertz CT molecular complexity index is 621. The molecule has 0 bridgehead atoms. The van der Waals surface area contributed by atoms with Crippen molar-refractivity contribution < 1.29 is 27.8 Å². The Balaban J connectivity index is 1.89. The lowest BCUT2D eigenvalue weighted by Crippen LogP contribution is -2.41. The zero-order valence-corrected chi connectivity index (χ0v) is 11.6. The van der Waals surface area contributed by atoms with Crippen LogP contribution >= 0.6 is 0 Å². The van der Waals surface area contributed by atoms with Crippen molar-refractivity contribution in [2.45, 2.75) is 5.92 Å². The number of rotatable bonds is 1. The minimum absolute atomic E-state index is 0.0496. The topological polar surface area (TPSA) is 67.9 Å². The van der Waals surface area contributed by atoms with Gasteiger partial charge in [-0.25, -0.2) is 8.78 Å². The Hall–Kier alpha value is -2.22. The first-order valence-corrected chi connectivity index (χ1v) is 6.77. The Labute approximate surface area is 125 Å². The molecule has 3 rings (SSSR count). The minimum atomic E-state index is -3.09. The Kier molecular flexibility index (Phi) is 3.69. The summed E-state index contributed by atoms with van der Waals surface area (Å²) < 4.78 is 37.3. The van der Waals surface area contributed by atoms with Crippen molar-refractivity contribution >= 4 is 17.5 Å². The van der Waals surface area contributed by atoms with Gasteiger partial charge in [-0.2, -0.15) is 0 Å². The van der Waals surface area contributed by atoms with Crippen molar-refractivity contribution in [3.05, 3.63) is 23.8 Å². The number of anilines is 1. The zero-order valence-electron chi connectivity index (χ0n) is 11.6. The number of benzene rings is 1. The molecule has 2 aliphatic rings. The highest BCUT2D eigenvalue weighted by atomic mass is 19.3. The summed E-state index contributed by atoms with van der Waals surface area (Å²) in [6, 6.07) is 4.64. The molecule has 6 nitrogen and oxygen atoms in total. The number of amides is 2. The second-order valence-electron chi connectivity index (χ2n) is 5.15. The van der Waals surface area contributed by atoms with Crippen LogP contribution in [0.3, 0.4) is 0 Å². The molecule has 0 saturated carbocycles. The Morgan fingerprint density at radius 1 is 1.36 bits per heavy atom. The smallest absolute Gasteiger partial charge is 0.288 e. The molecule has 8 heteroatoms. The molecule has 1 aromatic rings. The summed E-state index contributed by atoms with van der Waals surface area (Å²) in [7, 11) is 0. The van der Waals surface area contributed by atoms with Gasteiger partial charge in [-0.3, -0.25) is 9.59 Å². The number of para-hydroxylation sites is 1. The van der Waals surface area contributed by atoms with E-state index in [4.69, 9.17) is 9.47 Å². The van der Waals surface area contributed by atoms with Crippen LogP contribution in [0.15, 0.2) is 18.2 Å². The lowest BCUT2D eigenvalue weighted by Gasteiger charge is -2.26. The van der Waals surface area contributed by atoms with Crippen molar-refractivity contribution in [2.24, 2.45) is 0 Å². The summed E-state index contributed by atoms with van der Waals surface area (Å²) >= 11 is 0. The van der Waals surface area contributed by atoms with Gasteiger partial charge < -0.3 is 19.7 Å². The first-order valence-electron chi connectivity index (χ1n) is 6.77. The van der Waals surface area contributed by atoms with E-state index in [-0.39, 0.29) is 37.0 Å². The third-order valence-corrected chi connectivity index (χ3v) is 3.40. The molecule has 1 fully saturated rings. The molecule has 0 aromatic heterocycles. The molecular formula is C14H14F2N2O4. The third-order valence-electron chi connectivity index (χ3n) is 3.40. The Morgan fingerprint density at radius 3 is 3.00 bits per heavy atom. The second kappa shape index (κ2) is 5.53. The maximum Gasteiger partial charge on any atom is 0.288 e. The number of alkyl halides is 2. The van der Waals surface area contributed by atoms with Gasteiger partial charge in [-0.1, -0.05) is 6.07 Å². The fraction of sp³-hybridized carbons (Fsp3) is 0.429. The van der Waals surface area contributed by atoms with E-state index in [9.17, 15) is 18.4 Å². The van der Waals surface area contributed by atoms with Crippen LogP contribution in [0.1, 0.15) is 10.4 Å². The maximum absolute atomic E-state index is 13.6. The largest absolute Gasteiger partial charge is 0.481 e. The fourth-order valence-corrected chi connectivity index (χ4v) is 2.43. The summed E-state index contributed by atoms with van der Waals surface area (Å²) in [6.07, 6.45) is 0. The summed E-state index contributed by atoms with van der Waals surface area (Å²) in [5.74, 6) is -3.78. The first kappa shape index (κ1) is 14.7. The van der Waals surface area contributed by atoms with E-state index in [1.807, 2.05) is 0 Å². The van der Waals surface area contributed by atoms with Crippen LogP contribution in [-0.2, 0) is 9.53 Å². The predicted molar refractivity (Wildman–Crippen MR) is 72.2 cm³/mol. The molecule has 0 unspecified atom stereocenters. The van der Waals surface area contributed by atoms with Crippen LogP contribution in [-0.4, -0.2) is 55.5 Å². The average Bonchev–Trinajstić information content (AvgIpc) is 2.66. The van der Waals surface area contributed by atoms with Gasteiger partial charge in [0.05, 0.1) is 24.4 Å². The standard InChI is InChI=1S/C14H14F2N2O4/c15-14(16)7-18(4-5-21-8-14)13(20)9-2-1-3-10-12(9)22-6-11(19)17-10/h1-3H,4-8H2,(H,17,19). The second-order valence-corrected chi connectivity index (χ2v) is 5.15. The predicted octanol–water partition coefficient (Wildman–Crippen LogP) is 1.13. The lowest BCUT2D eigenvalue weighted by atomic mass is 10.1. The minimum Gasteiger partial charge on any atom is -0.481 e. The van der Waals surface area contributed by atoms with Gasteiger partial charge in [0.25, 0.3) is 17.7 Å². The molecule has 0 spiro atoms. The number of nitrogens with one attached hydrogen (secondary N) is 1. The summed E-state index contributed by atoms with van der Waals surface area (Å²) in [6.45, 7) is -1.49. The molecule has 1 aromatic carbocycles. The summed E-state index contributed by atoms with van der Waals surface area (Å²) in [5.41, 5.74) is 0.509. The molecule has 0 radical (unpaired) electrons. The first-order chi connectivity index (χ1) is 10.5. The van der Waals surface area contributed by atoms with Crippen molar-refractivity contribution in [1.82, 2.24) is 4.90 Å².